The Bertz CT molecular complexity index is 393. The lowest BCUT2D eigenvalue weighted by Crippen LogP contribution is -2.27. The molecule has 0 fully saturated rings. The summed E-state index contributed by atoms with van der Waals surface area (Å²) in [6, 6.07) is 5.20. The van der Waals surface area contributed by atoms with Crippen LogP contribution in [-0.4, -0.2) is 30.5 Å². The standard InChI is InChI=1S/C15H23Cl2NO2/c1-10(2)4-11(3)20-9-15(19)8-18-14-6-12(16)5-13(17)7-14/h5-7,10-11,15,18-19H,4,8-9H2,1-3H3. The summed E-state index contributed by atoms with van der Waals surface area (Å²) in [6.07, 6.45) is 0.581. The van der Waals surface area contributed by atoms with Gasteiger partial charge in [-0.2, -0.15) is 0 Å². The molecule has 1 aromatic rings. The summed E-state index contributed by atoms with van der Waals surface area (Å²) < 4.78 is 5.61. The van der Waals surface area contributed by atoms with Gasteiger partial charge in [0.15, 0.2) is 0 Å². The van der Waals surface area contributed by atoms with Gasteiger partial charge >= 0.3 is 0 Å². The van der Waals surface area contributed by atoms with E-state index in [1.54, 1.807) is 18.2 Å². The van der Waals surface area contributed by atoms with E-state index in [-0.39, 0.29) is 6.10 Å². The third-order valence-electron chi connectivity index (χ3n) is 2.78. The van der Waals surface area contributed by atoms with Crippen molar-refractivity contribution in [2.75, 3.05) is 18.5 Å². The van der Waals surface area contributed by atoms with Crippen LogP contribution >= 0.6 is 23.2 Å². The van der Waals surface area contributed by atoms with Crippen LogP contribution in [0.5, 0.6) is 0 Å². The fourth-order valence-corrected chi connectivity index (χ4v) is 2.48. The maximum Gasteiger partial charge on any atom is 0.0945 e. The van der Waals surface area contributed by atoms with Gasteiger partial charge < -0.3 is 15.2 Å². The molecule has 20 heavy (non-hydrogen) atoms. The van der Waals surface area contributed by atoms with Crippen LogP contribution in [0.15, 0.2) is 18.2 Å². The van der Waals surface area contributed by atoms with E-state index < -0.39 is 6.10 Å². The van der Waals surface area contributed by atoms with E-state index in [0.717, 1.165) is 12.1 Å². The lowest BCUT2D eigenvalue weighted by atomic mass is 10.1. The van der Waals surface area contributed by atoms with Crippen LogP contribution in [0.2, 0.25) is 10.0 Å². The highest BCUT2D eigenvalue weighted by Gasteiger charge is 2.10. The van der Waals surface area contributed by atoms with Crippen LogP contribution < -0.4 is 5.32 Å². The molecule has 0 saturated heterocycles. The van der Waals surface area contributed by atoms with Crippen molar-refractivity contribution < 1.29 is 9.84 Å². The largest absolute Gasteiger partial charge is 0.389 e. The summed E-state index contributed by atoms with van der Waals surface area (Å²) in [7, 11) is 0. The first kappa shape index (κ1) is 17.6. The van der Waals surface area contributed by atoms with Gasteiger partial charge in [0.05, 0.1) is 18.8 Å². The predicted molar refractivity (Wildman–Crippen MR) is 85.8 cm³/mol. The number of hydrogen-bond donors (Lipinski definition) is 2. The highest BCUT2D eigenvalue weighted by atomic mass is 35.5. The average Bonchev–Trinajstić information content (AvgIpc) is 2.32. The van der Waals surface area contributed by atoms with Crippen LogP contribution in [-0.2, 0) is 4.74 Å². The van der Waals surface area contributed by atoms with Crippen molar-refractivity contribution in [3.8, 4) is 0 Å². The van der Waals surface area contributed by atoms with Gasteiger partial charge in [-0.1, -0.05) is 37.0 Å². The fourth-order valence-electron chi connectivity index (χ4n) is 1.96. The van der Waals surface area contributed by atoms with Gasteiger partial charge in [0.25, 0.3) is 0 Å². The first-order valence-electron chi connectivity index (χ1n) is 6.86. The fraction of sp³-hybridized carbons (Fsp3) is 0.600. The van der Waals surface area contributed by atoms with E-state index in [4.69, 9.17) is 27.9 Å². The molecule has 2 N–H and O–H groups in total. The Morgan fingerprint density at radius 2 is 1.75 bits per heavy atom. The number of anilines is 1. The lowest BCUT2D eigenvalue weighted by molar-refractivity contribution is -0.00443. The number of aliphatic hydroxyl groups is 1. The van der Waals surface area contributed by atoms with Crippen molar-refractivity contribution in [3.63, 3.8) is 0 Å². The zero-order chi connectivity index (χ0) is 15.1. The molecule has 0 aliphatic rings. The van der Waals surface area contributed by atoms with Crippen LogP contribution in [0.25, 0.3) is 0 Å². The van der Waals surface area contributed by atoms with Gasteiger partial charge in [0, 0.05) is 22.3 Å². The molecule has 0 heterocycles. The highest BCUT2D eigenvalue weighted by molar-refractivity contribution is 6.35. The normalized spacial score (nSPS) is 14.3. The number of halogens is 2. The van der Waals surface area contributed by atoms with E-state index >= 15 is 0 Å². The number of ether oxygens (including phenoxy) is 1. The van der Waals surface area contributed by atoms with Gasteiger partial charge in [0.1, 0.15) is 0 Å². The minimum atomic E-state index is -0.567. The molecule has 0 amide bonds. The Morgan fingerprint density at radius 1 is 1.15 bits per heavy atom. The molecule has 2 atom stereocenters. The first-order chi connectivity index (χ1) is 9.36. The van der Waals surface area contributed by atoms with Crippen LogP contribution in [0.4, 0.5) is 5.69 Å². The zero-order valence-corrected chi connectivity index (χ0v) is 13.7. The van der Waals surface area contributed by atoms with E-state index in [2.05, 4.69) is 19.2 Å². The molecule has 0 radical (unpaired) electrons. The predicted octanol–water partition coefficient (Wildman–Crippen LogP) is 4.22. The number of nitrogens with one attached hydrogen (secondary N) is 1. The minimum Gasteiger partial charge on any atom is -0.389 e. The van der Waals surface area contributed by atoms with Crippen molar-refractivity contribution in [2.24, 2.45) is 5.92 Å². The summed E-state index contributed by atoms with van der Waals surface area (Å²) in [5, 5.41) is 14.1. The second-order valence-corrected chi connectivity index (χ2v) is 6.34. The summed E-state index contributed by atoms with van der Waals surface area (Å²) in [5.41, 5.74) is 0.789. The monoisotopic (exact) mass is 319 g/mol. The van der Waals surface area contributed by atoms with Crippen molar-refractivity contribution in [1.82, 2.24) is 0 Å². The molecule has 114 valence electrons. The maximum absolute atomic E-state index is 9.88. The molecule has 0 aliphatic heterocycles. The summed E-state index contributed by atoms with van der Waals surface area (Å²) >= 11 is 11.8. The summed E-state index contributed by atoms with van der Waals surface area (Å²) in [4.78, 5) is 0. The molecular formula is C15H23Cl2NO2. The number of aliphatic hydroxyl groups excluding tert-OH is 1. The smallest absolute Gasteiger partial charge is 0.0945 e. The summed E-state index contributed by atoms with van der Waals surface area (Å²) in [6.45, 7) is 7.04. The number of hydrogen-bond acceptors (Lipinski definition) is 3. The SMILES string of the molecule is CC(C)CC(C)OCC(O)CNc1cc(Cl)cc(Cl)c1. The van der Waals surface area contributed by atoms with Crippen molar-refractivity contribution >= 4 is 28.9 Å². The van der Waals surface area contributed by atoms with E-state index in [1.165, 1.54) is 0 Å². The zero-order valence-electron chi connectivity index (χ0n) is 12.2. The maximum atomic E-state index is 9.88. The van der Waals surface area contributed by atoms with E-state index in [9.17, 15) is 5.11 Å². The van der Waals surface area contributed by atoms with Gasteiger partial charge in [-0.15, -0.1) is 0 Å². The molecule has 0 saturated carbocycles. The third kappa shape index (κ3) is 7.34. The van der Waals surface area contributed by atoms with E-state index in [1.807, 2.05) is 6.92 Å². The molecule has 0 spiro atoms. The van der Waals surface area contributed by atoms with Gasteiger partial charge in [-0.05, 0) is 37.5 Å². The Balaban J connectivity index is 2.30. The van der Waals surface area contributed by atoms with Crippen LogP contribution in [0.1, 0.15) is 27.2 Å². The quantitative estimate of drug-likeness (QED) is 0.753. The molecule has 3 nitrogen and oxygen atoms in total. The van der Waals surface area contributed by atoms with Crippen LogP contribution in [0, 0.1) is 5.92 Å². The molecule has 0 aliphatic carbocycles. The molecule has 0 aromatic heterocycles. The topological polar surface area (TPSA) is 41.5 Å². The molecule has 1 rings (SSSR count). The lowest BCUT2D eigenvalue weighted by Gasteiger charge is -2.18. The second kappa shape index (κ2) is 8.73. The van der Waals surface area contributed by atoms with Gasteiger partial charge in [-0.25, -0.2) is 0 Å². The molecule has 1 aromatic carbocycles. The Hall–Kier alpha value is -0.480. The van der Waals surface area contributed by atoms with Gasteiger partial charge in [0.2, 0.25) is 0 Å². The van der Waals surface area contributed by atoms with Crippen LogP contribution in [0.3, 0.4) is 0 Å². The van der Waals surface area contributed by atoms with E-state index in [0.29, 0.717) is 29.1 Å². The summed E-state index contributed by atoms with van der Waals surface area (Å²) in [5.74, 6) is 0.592. The molecule has 0 bridgehead atoms. The second-order valence-electron chi connectivity index (χ2n) is 5.47. The first-order valence-corrected chi connectivity index (χ1v) is 7.62. The third-order valence-corrected chi connectivity index (χ3v) is 3.22. The Labute approximate surface area is 131 Å². The van der Waals surface area contributed by atoms with Crippen molar-refractivity contribution in [2.45, 2.75) is 39.4 Å². The Kier molecular flexibility index (Phi) is 7.67. The van der Waals surface area contributed by atoms with Crippen molar-refractivity contribution in [1.29, 1.82) is 0 Å². The van der Waals surface area contributed by atoms with Crippen molar-refractivity contribution in [3.05, 3.63) is 28.2 Å². The molecular weight excluding hydrogens is 297 g/mol. The minimum absolute atomic E-state index is 0.158. The Morgan fingerprint density at radius 3 is 2.30 bits per heavy atom. The number of benzene rings is 1. The average molecular weight is 320 g/mol. The van der Waals surface area contributed by atoms with Gasteiger partial charge in [-0.3, -0.25) is 0 Å². The number of rotatable bonds is 8. The molecule has 2 unspecified atom stereocenters. The molecule has 5 heteroatoms. The highest BCUT2D eigenvalue weighted by Crippen LogP contribution is 2.22.